The fraction of sp³-hybridized carbons (Fsp3) is 0.412. The molecular weight excluding hydrogens is 276 g/mol. The fourth-order valence-corrected chi connectivity index (χ4v) is 2.82. The Morgan fingerprint density at radius 2 is 2.14 bits per heavy atom. The highest BCUT2D eigenvalue weighted by atomic mass is 16.1. The lowest BCUT2D eigenvalue weighted by Crippen LogP contribution is -2.18. The van der Waals surface area contributed by atoms with Gasteiger partial charge in [0.05, 0.1) is 6.33 Å². The molecule has 1 fully saturated rings. The molecule has 1 amide bonds. The largest absolute Gasteiger partial charge is 0.371 e. The maximum atomic E-state index is 12.0. The lowest BCUT2D eigenvalue weighted by molar-refractivity contribution is -0.116. The second-order valence-electron chi connectivity index (χ2n) is 5.70. The number of anilines is 2. The summed E-state index contributed by atoms with van der Waals surface area (Å²) in [6.07, 6.45) is 9.29. The molecule has 5 nitrogen and oxygen atoms in total. The predicted octanol–water partition coefficient (Wildman–Crippen LogP) is 2.90. The number of aromatic nitrogens is 2. The van der Waals surface area contributed by atoms with Gasteiger partial charge < -0.3 is 14.8 Å². The van der Waals surface area contributed by atoms with E-state index in [9.17, 15) is 4.79 Å². The Bertz CT molecular complexity index is 603. The van der Waals surface area contributed by atoms with Crippen LogP contribution in [0.5, 0.6) is 0 Å². The number of rotatable bonds is 6. The average molecular weight is 298 g/mol. The third kappa shape index (κ3) is 3.87. The Balaban J connectivity index is 1.49. The lowest BCUT2D eigenvalue weighted by Gasteiger charge is -2.18. The highest BCUT2D eigenvalue weighted by Gasteiger charge is 2.12. The summed E-state index contributed by atoms with van der Waals surface area (Å²) in [5, 5.41) is 3.00. The third-order valence-electron chi connectivity index (χ3n) is 3.98. The second-order valence-corrected chi connectivity index (χ2v) is 5.70. The molecule has 1 aromatic heterocycles. The molecule has 0 saturated carbocycles. The molecule has 2 heterocycles. The summed E-state index contributed by atoms with van der Waals surface area (Å²) in [5.41, 5.74) is 2.09. The van der Waals surface area contributed by atoms with Gasteiger partial charge in [0.15, 0.2) is 0 Å². The molecule has 0 unspecified atom stereocenters. The summed E-state index contributed by atoms with van der Waals surface area (Å²) >= 11 is 0. The topological polar surface area (TPSA) is 50.2 Å². The van der Waals surface area contributed by atoms with E-state index in [4.69, 9.17) is 0 Å². The van der Waals surface area contributed by atoms with E-state index < -0.39 is 0 Å². The van der Waals surface area contributed by atoms with Gasteiger partial charge in [-0.2, -0.15) is 0 Å². The number of nitrogens with zero attached hydrogens (tertiary/aromatic N) is 3. The first-order chi connectivity index (χ1) is 10.8. The molecule has 1 N–H and O–H groups in total. The van der Waals surface area contributed by atoms with Gasteiger partial charge in [-0.1, -0.05) is 6.07 Å². The lowest BCUT2D eigenvalue weighted by atomic mass is 10.2. The Hall–Kier alpha value is -2.30. The molecule has 0 radical (unpaired) electrons. The van der Waals surface area contributed by atoms with Gasteiger partial charge in [-0.05, 0) is 37.5 Å². The molecule has 22 heavy (non-hydrogen) atoms. The Labute approximate surface area is 131 Å². The molecule has 2 aromatic rings. The normalized spacial score (nSPS) is 14.3. The summed E-state index contributed by atoms with van der Waals surface area (Å²) in [6.45, 7) is 3.05. The van der Waals surface area contributed by atoms with Crippen LogP contribution in [0.3, 0.4) is 0 Å². The molecule has 0 spiro atoms. The Morgan fingerprint density at radius 3 is 2.91 bits per heavy atom. The van der Waals surface area contributed by atoms with Crippen molar-refractivity contribution in [3.63, 3.8) is 0 Å². The summed E-state index contributed by atoms with van der Waals surface area (Å²) in [7, 11) is 0. The molecule has 1 saturated heterocycles. The van der Waals surface area contributed by atoms with Crippen molar-refractivity contribution in [3.8, 4) is 0 Å². The van der Waals surface area contributed by atoms with E-state index in [1.807, 2.05) is 22.9 Å². The maximum absolute atomic E-state index is 12.0. The zero-order valence-electron chi connectivity index (χ0n) is 12.7. The molecule has 0 atom stereocenters. The van der Waals surface area contributed by atoms with Crippen LogP contribution in [-0.2, 0) is 11.3 Å². The number of amides is 1. The molecule has 1 aliphatic heterocycles. The van der Waals surface area contributed by atoms with Crippen molar-refractivity contribution in [2.45, 2.75) is 32.2 Å². The van der Waals surface area contributed by atoms with Crippen molar-refractivity contribution in [1.29, 1.82) is 0 Å². The number of hydrogen-bond acceptors (Lipinski definition) is 3. The van der Waals surface area contributed by atoms with Crippen molar-refractivity contribution in [2.24, 2.45) is 0 Å². The van der Waals surface area contributed by atoms with Gasteiger partial charge in [-0.25, -0.2) is 4.98 Å². The summed E-state index contributed by atoms with van der Waals surface area (Å²) in [6, 6.07) is 8.14. The van der Waals surface area contributed by atoms with E-state index in [1.165, 1.54) is 18.5 Å². The fourth-order valence-electron chi connectivity index (χ4n) is 2.82. The zero-order chi connectivity index (χ0) is 15.2. The van der Waals surface area contributed by atoms with E-state index >= 15 is 0 Å². The van der Waals surface area contributed by atoms with Crippen molar-refractivity contribution >= 4 is 17.3 Å². The second kappa shape index (κ2) is 7.11. The minimum absolute atomic E-state index is 0.0682. The molecule has 3 rings (SSSR count). The van der Waals surface area contributed by atoms with E-state index in [0.29, 0.717) is 6.42 Å². The van der Waals surface area contributed by atoms with Crippen LogP contribution in [-0.4, -0.2) is 28.5 Å². The van der Waals surface area contributed by atoms with Gasteiger partial charge in [0.2, 0.25) is 5.91 Å². The van der Waals surface area contributed by atoms with Crippen molar-refractivity contribution in [3.05, 3.63) is 43.0 Å². The highest BCUT2D eigenvalue weighted by Crippen LogP contribution is 2.23. The Morgan fingerprint density at radius 1 is 1.27 bits per heavy atom. The molecule has 1 aromatic carbocycles. The first-order valence-corrected chi connectivity index (χ1v) is 7.92. The van der Waals surface area contributed by atoms with Crippen molar-refractivity contribution < 1.29 is 4.79 Å². The number of aryl methyl sites for hydroxylation is 1. The van der Waals surface area contributed by atoms with Gasteiger partial charge in [0.1, 0.15) is 0 Å². The number of carbonyl (C=O) groups is 1. The molecular formula is C17H22N4O. The van der Waals surface area contributed by atoms with E-state index in [0.717, 1.165) is 31.7 Å². The highest BCUT2D eigenvalue weighted by molar-refractivity contribution is 5.91. The smallest absolute Gasteiger partial charge is 0.224 e. The van der Waals surface area contributed by atoms with Crippen LogP contribution in [0.25, 0.3) is 0 Å². The number of benzene rings is 1. The van der Waals surface area contributed by atoms with Crippen LogP contribution in [0, 0.1) is 0 Å². The number of imidazole rings is 1. The summed E-state index contributed by atoms with van der Waals surface area (Å²) in [4.78, 5) is 18.4. The van der Waals surface area contributed by atoms with Crippen LogP contribution in [0.15, 0.2) is 43.0 Å². The molecule has 5 heteroatoms. The first-order valence-electron chi connectivity index (χ1n) is 7.92. The first kappa shape index (κ1) is 14.6. The minimum Gasteiger partial charge on any atom is -0.371 e. The summed E-state index contributed by atoms with van der Waals surface area (Å²) in [5.74, 6) is 0.0682. The van der Waals surface area contributed by atoms with Crippen molar-refractivity contribution in [2.75, 3.05) is 23.3 Å². The number of hydrogen-bond donors (Lipinski definition) is 1. The molecule has 116 valence electrons. The monoisotopic (exact) mass is 298 g/mol. The molecule has 1 aliphatic rings. The average Bonchev–Trinajstić information content (AvgIpc) is 3.21. The van der Waals surface area contributed by atoms with Crippen LogP contribution in [0.4, 0.5) is 11.4 Å². The third-order valence-corrected chi connectivity index (χ3v) is 3.98. The zero-order valence-corrected chi connectivity index (χ0v) is 12.7. The van der Waals surface area contributed by atoms with E-state index in [-0.39, 0.29) is 5.91 Å². The summed E-state index contributed by atoms with van der Waals surface area (Å²) < 4.78 is 1.99. The van der Waals surface area contributed by atoms with Crippen LogP contribution < -0.4 is 10.2 Å². The quantitative estimate of drug-likeness (QED) is 0.892. The maximum Gasteiger partial charge on any atom is 0.224 e. The van der Waals surface area contributed by atoms with Crippen LogP contribution >= 0.6 is 0 Å². The van der Waals surface area contributed by atoms with Crippen LogP contribution in [0.2, 0.25) is 0 Å². The molecule has 0 bridgehead atoms. The molecule has 0 aliphatic carbocycles. The SMILES string of the molecule is O=C(CCCn1ccnc1)Nc1cccc(N2CCCC2)c1. The van der Waals surface area contributed by atoms with E-state index in [2.05, 4.69) is 27.3 Å². The van der Waals surface area contributed by atoms with E-state index in [1.54, 1.807) is 12.5 Å². The van der Waals surface area contributed by atoms with Crippen molar-refractivity contribution in [1.82, 2.24) is 9.55 Å². The van der Waals surface area contributed by atoms with Gasteiger partial charge in [0, 0.05) is 49.8 Å². The van der Waals surface area contributed by atoms with Gasteiger partial charge in [0.25, 0.3) is 0 Å². The van der Waals surface area contributed by atoms with Gasteiger partial charge in [-0.3, -0.25) is 4.79 Å². The van der Waals surface area contributed by atoms with Gasteiger partial charge in [-0.15, -0.1) is 0 Å². The van der Waals surface area contributed by atoms with Crippen LogP contribution in [0.1, 0.15) is 25.7 Å². The minimum atomic E-state index is 0.0682. The number of nitrogens with one attached hydrogen (secondary N) is 1. The number of carbonyl (C=O) groups excluding carboxylic acids is 1. The standard InChI is InChI=1S/C17H22N4O/c22-17(7-4-9-20-12-8-18-14-20)19-15-5-3-6-16(13-15)21-10-1-2-11-21/h3,5-6,8,12-14H,1-2,4,7,9-11H2,(H,19,22). The van der Waals surface area contributed by atoms with Gasteiger partial charge >= 0.3 is 0 Å². The Kier molecular flexibility index (Phi) is 4.73. The predicted molar refractivity (Wildman–Crippen MR) is 88.0 cm³/mol.